The summed E-state index contributed by atoms with van der Waals surface area (Å²) in [7, 11) is 1.65. The summed E-state index contributed by atoms with van der Waals surface area (Å²) in [6.45, 7) is 1.25. The highest BCUT2D eigenvalue weighted by molar-refractivity contribution is 9.10. The first-order chi connectivity index (χ1) is 9.06. The summed E-state index contributed by atoms with van der Waals surface area (Å²) in [6, 6.07) is 3.91. The molecule has 0 radical (unpaired) electrons. The van der Waals surface area contributed by atoms with Crippen molar-refractivity contribution >= 4 is 38.8 Å². The van der Waals surface area contributed by atoms with E-state index in [4.69, 9.17) is 22.7 Å². The third kappa shape index (κ3) is 3.24. The summed E-state index contributed by atoms with van der Waals surface area (Å²) in [4.78, 5) is 2.24. The number of benzene rings is 1. The summed E-state index contributed by atoms with van der Waals surface area (Å²) in [5.41, 5.74) is 6.67. The van der Waals surface area contributed by atoms with E-state index >= 15 is 0 Å². The van der Waals surface area contributed by atoms with Crippen molar-refractivity contribution in [2.24, 2.45) is 5.73 Å². The molecule has 0 saturated heterocycles. The number of hydrogen-bond acceptors (Lipinski definition) is 3. The lowest BCUT2D eigenvalue weighted by Gasteiger charge is -2.25. The largest absolute Gasteiger partial charge is 0.389 e. The van der Waals surface area contributed by atoms with Crippen LogP contribution in [0.2, 0.25) is 0 Å². The second-order valence-corrected chi connectivity index (χ2v) is 5.77. The first kappa shape index (κ1) is 14.7. The highest BCUT2D eigenvalue weighted by atomic mass is 79.9. The second-order valence-electron chi connectivity index (χ2n) is 4.54. The van der Waals surface area contributed by atoms with Crippen LogP contribution in [0.5, 0.6) is 0 Å². The molecule has 1 aromatic carbocycles. The summed E-state index contributed by atoms with van der Waals surface area (Å²) >= 11 is 8.14. The lowest BCUT2D eigenvalue weighted by atomic mass is 10.1. The lowest BCUT2D eigenvalue weighted by molar-refractivity contribution is 0.204. The lowest BCUT2D eigenvalue weighted by Crippen LogP contribution is -2.30. The van der Waals surface area contributed by atoms with Crippen molar-refractivity contribution in [1.29, 1.82) is 0 Å². The zero-order valence-corrected chi connectivity index (χ0v) is 13.1. The molecule has 0 atom stereocenters. The molecule has 104 valence electrons. The molecule has 2 rings (SSSR count). The fourth-order valence-corrected chi connectivity index (χ4v) is 2.88. The third-order valence-corrected chi connectivity index (χ3v) is 4.16. The Bertz CT molecular complexity index is 494. The minimum absolute atomic E-state index is 0.187. The Kier molecular flexibility index (Phi) is 4.76. The number of anilines is 1. The summed E-state index contributed by atoms with van der Waals surface area (Å²) in [5.74, 6) is -0.312. The van der Waals surface area contributed by atoms with Gasteiger partial charge in [-0.1, -0.05) is 12.2 Å². The van der Waals surface area contributed by atoms with Crippen LogP contribution < -0.4 is 10.6 Å². The van der Waals surface area contributed by atoms with E-state index in [-0.39, 0.29) is 10.8 Å². The number of nitrogens with two attached hydrogens (primary N) is 1. The van der Waals surface area contributed by atoms with Gasteiger partial charge in [-0.25, -0.2) is 4.39 Å². The third-order valence-electron chi connectivity index (χ3n) is 3.16. The first-order valence-corrected chi connectivity index (χ1v) is 7.29. The Labute approximate surface area is 126 Å². The predicted molar refractivity (Wildman–Crippen MR) is 82.2 cm³/mol. The molecule has 0 unspecified atom stereocenters. The van der Waals surface area contributed by atoms with Gasteiger partial charge in [0.2, 0.25) is 0 Å². The average molecular weight is 347 g/mol. The number of nitrogens with zero attached hydrogens (tertiary/aromatic N) is 1. The topological polar surface area (TPSA) is 38.5 Å². The van der Waals surface area contributed by atoms with Gasteiger partial charge in [-0.3, -0.25) is 0 Å². The first-order valence-electron chi connectivity index (χ1n) is 6.09. The van der Waals surface area contributed by atoms with Crippen molar-refractivity contribution in [2.45, 2.75) is 18.9 Å². The smallest absolute Gasteiger partial charge is 0.161 e. The van der Waals surface area contributed by atoms with Crippen LogP contribution in [0.4, 0.5) is 10.1 Å². The Morgan fingerprint density at radius 1 is 1.58 bits per heavy atom. The molecule has 19 heavy (non-hydrogen) atoms. The quantitative estimate of drug-likeness (QED) is 0.804. The Balaban J connectivity index is 2.32. The molecule has 0 aliphatic heterocycles. The molecule has 0 heterocycles. The van der Waals surface area contributed by atoms with Crippen LogP contribution in [0.15, 0.2) is 16.6 Å². The van der Waals surface area contributed by atoms with Crippen LogP contribution >= 0.6 is 28.1 Å². The maximum Gasteiger partial charge on any atom is 0.161 e. The molecule has 0 aromatic heterocycles. The van der Waals surface area contributed by atoms with Crippen molar-refractivity contribution in [3.63, 3.8) is 0 Å². The van der Waals surface area contributed by atoms with E-state index in [0.717, 1.165) is 12.8 Å². The molecule has 1 aliphatic carbocycles. The van der Waals surface area contributed by atoms with Gasteiger partial charge < -0.3 is 15.4 Å². The molecule has 0 bridgehead atoms. The Hall–Kier alpha value is -0.720. The SMILES string of the molecule is COCCN(c1ccc(C(N)=S)c(Br)c1F)C1CC1. The summed E-state index contributed by atoms with van der Waals surface area (Å²) < 4.78 is 19.9. The van der Waals surface area contributed by atoms with Gasteiger partial charge in [0, 0.05) is 25.3 Å². The van der Waals surface area contributed by atoms with Gasteiger partial charge in [0.15, 0.2) is 5.82 Å². The monoisotopic (exact) mass is 346 g/mol. The minimum Gasteiger partial charge on any atom is -0.389 e. The molecule has 1 fully saturated rings. The molecule has 0 spiro atoms. The standard InChI is InChI=1S/C13H16BrFN2OS/c1-18-7-6-17(8-2-3-8)10-5-4-9(13(16)19)11(14)12(10)15/h4-5,8H,2-3,6-7H2,1H3,(H2,16,19). The van der Waals surface area contributed by atoms with Gasteiger partial charge in [-0.2, -0.15) is 0 Å². The van der Waals surface area contributed by atoms with Crippen LogP contribution in [0.3, 0.4) is 0 Å². The predicted octanol–water partition coefficient (Wildman–Crippen LogP) is 2.84. The van der Waals surface area contributed by atoms with E-state index < -0.39 is 0 Å². The summed E-state index contributed by atoms with van der Waals surface area (Å²) in [6.07, 6.45) is 2.19. The molecule has 0 amide bonds. The van der Waals surface area contributed by atoms with E-state index in [0.29, 0.717) is 34.9 Å². The molecular weight excluding hydrogens is 331 g/mol. The number of methoxy groups -OCH3 is 1. The van der Waals surface area contributed by atoms with E-state index in [1.807, 2.05) is 4.90 Å². The van der Waals surface area contributed by atoms with Gasteiger partial charge in [-0.05, 0) is 40.9 Å². The number of ether oxygens (including phenoxy) is 1. The fourth-order valence-electron chi connectivity index (χ4n) is 2.03. The molecular formula is C13H16BrFN2OS. The van der Waals surface area contributed by atoms with Gasteiger partial charge in [-0.15, -0.1) is 0 Å². The highest BCUT2D eigenvalue weighted by Gasteiger charge is 2.31. The van der Waals surface area contributed by atoms with Crippen molar-refractivity contribution in [1.82, 2.24) is 0 Å². The minimum atomic E-state index is -0.312. The highest BCUT2D eigenvalue weighted by Crippen LogP contribution is 2.36. The maximum atomic E-state index is 14.4. The van der Waals surface area contributed by atoms with Crippen LogP contribution in [0.1, 0.15) is 18.4 Å². The molecule has 1 aliphatic rings. The van der Waals surface area contributed by atoms with Crippen molar-refractivity contribution in [2.75, 3.05) is 25.2 Å². The maximum absolute atomic E-state index is 14.4. The van der Waals surface area contributed by atoms with Crippen LogP contribution in [0.25, 0.3) is 0 Å². The molecule has 1 saturated carbocycles. The normalized spacial score (nSPS) is 14.5. The second kappa shape index (κ2) is 6.15. The van der Waals surface area contributed by atoms with Crippen molar-refractivity contribution < 1.29 is 9.13 Å². The van der Waals surface area contributed by atoms with Crippen molar-refractivity contribution in [3.8, 4) is 0 Å². The van der Waals surface area contributed by atoms with Crippen LogP contribution in [-0.2, 0) is 4.74 Å². The van der Waals surface area contributed by atoms with E-state index in [1.54, 1.807) is 19.2 Å². The molecule has 2 N–H and O–H groups in total. The average Bonchev–Trinajstić information content (AvgIpc) is 3.18. The Morgan fingerprint density at radius 3 is 2.79 bits per heavy atom. The van der Waals surface area contributed by atoms with E-state index in [2.05, 4.69) is 15.9 Å². The zero-order chi connectivity index (χ0) is 14.0. The molecule has 1 aromatic rings. The summed E-state index contributed by atoms with van der Waals surface area (Å²) in [5, 5.41) is 0. The number of thiocarbonyl (C=S) groups is 1. The molecule has 6 heteroatoms. The fraction of sp³-hybridized carbons (Fsp3) is 0.462. The van der Waals surface area contributed by atoms with Crippen LogP contribution in [0, 0.1) is 5.82 Å². The van der Waals surface area contributed by atoms with Crippen LogP contribution in [-0.4, -0.2) is 31.3 Å². The zero-order valence-electron chi connectivity index (χ0n) is 10.7. The molecule has 3 nitrogen and oxygen atoms in total. The van der Waals surface area contributed by atoms with Gasteiger partial charge in [0.25, 0.3) is 0 Å². The van der Waals surface area contributed by atoms with E-state index in [9.17, 15) is 4.39 Å². The van der Waals surface area contributed by atoms with E-state index in [1.165, 1.54) is 0 Å². The van der Waals surface area contributed by atoms with Gasteiger partial charge in [0.05, 0.1) is 16.8 Å². The van der Waals surface area contributed by atoms with Gasteiger partial charge >= 0.3 is 0 Å². The number of hydrogen-bond donors (Lipinski definition) is 1. The van der Waals surface area contributed by atoms with Gasteiger partial charge in [0.1, 0.15) is 4.99 Å². The Morgan fingerprint density at radius 2 is 2.26 bits per heavy atom. The number of rotatable bonds is 6. The number of halogens is 2. The van der Waals surface area contributed by atoms with Crippen molar-refractivity contribution in [3.05, 3.63) is 28.0 Å².